The van der Waals surface area contributed by atoms with Crippen molar-refractivity contribution in [2.45, 2.75) is 219 Å². The molecule has 0 saturated heterocycles. The predicted molar refractivity (Wildman–Crippen MR) is 224 cm³/mol. The van der Waals surface area contributed by atoms with Gasteiger partial charge in [0.1, 0.15) is 13.2 Å². The Bertz CT molecular complexity index is 896. The maximum atomic E-state index is 12.8. The maximum absolute atomic E-state index is 12.8. The first-order valence-corrected chi connectivity index (χ1v) is 23.9. The summed E-state index contributed by atoms with van der Waals surface area (Å²) in [7, 11) is 1.27. The normalized spacial score (nSPS) is 15.1. The Morgan fingerprint density at radius 1 is 0.717 bits per heavy atom. The summed E-state index contributed by atoms with van der Waals surface area (Å²) in [4.78, 5) is 25.3. The summed E-state index contributed by atoms with van der Waals surface area (Å²) < 4.78 is 23.2. The molecule has 0 rings (SSSR count). The fourth-order valence-electron chi connectivity index (χ4n) is 6.54. The lowest BCUT2D eigenvalue weighted by molar-refractivity contribution is -0.870. The molecule has 0 aliphatic heterocycles. The van der Waals surface area contributed by atoms with Crippen LogP contribution in [0.3, 0.4) is 0 Å². The van der Waals surface area contributed by atoms with Gasteiger partial charge in [-0.15, -0.1) is 0 Å². The summed E-state index contributed by atoms with van der Waals surface area (Å²) in [6, 6.07) is -0.881. The van der Waals surface area contributed by atoms with Crippen LogP contribution in [0.5, 0.6) is 0 Å². The van der Waals surface area contributed by atoms with Crippen LogP contribution in [0.2, 0.25) is 0 Å². The van der Waals surface area contributed by atoms with Gasteiger partial charge < -0.3 is 28.8 Å². The van der Waals surface area contributed by atoms with Gasteiger partial charge in [0.15, 0.2) is 0 Å². The van der Waals surface area contributed by atoms with Crippen molar-refractivity contribution >= 4 is 13.7 Å². The first-order chi connectivity index (χ1) is 25.4. The Balaban J connectivity index is 4.34. The molecule has 0 saturated carbocycles. The largest absolute Gasteiger partial charge is 0.756 e. The van der Waals surface area contributed by atoms with E-state index in [-0.39, 0.29) is 19.1 Å². The molecule has 2 N–H and O–H groups in total. The third kappa shape index (κ3) is 37.9. The highest BCUT2D eigenvalue weighted by molar-refractivity contribution is 7.45. The van der Waals surface area contributed by atoms with Crippen molar-refractivity contribution in [2.24, 2.45) is 5.92 Å². The number of aliphatic hydroxyl groups excluding tert-OH is 1. The summed E-state index contributed by atoms with van der Waals surface area (Å²) in [5, 5.41) is 13.8. The number of likely N-dealkylation sites (N-methyl/N-ethyl adjacent to an activating group) is 1. The van der Waals surface area contributed by atoms with Crippen molar-refractivity contribution in [3.8, 4) is 0 Å². The number of phosphoric acid groups is 1. The first kappa shape index (κ1) is 52.2. The second-order valence-corrected chi connectivity index (χ2v) is 18.4. The second-order valence-electron chi connectivity index (χ2n) is 17.0. The van der Waals surface area contributed by atoms with Crippen molar-refractivity contribution in [1.29, 1.82) is 0 Å². The Morgan fingerprint density at radius 3 is 1.64 bits per heavy atom. The number of hydrogen-bond acceptors (Lipinski definition) is 6. The molecule has 0 spiro atoms. The van der Waals surface area contributed by atoms with Crippen LogP contribution in [0.4, 0.5) is 0 Å². The smallest absolute Gasteiger partial charge is 0.268 e. The van der Waals surface area contributed by atoms with E-state index in [2.05, 4.69) is 26.1 Å². The molecule has 0 aliphatic rings. The minimum Gasteiger partial charge on any atom is -0.756 e. The van der Waals surface area contributed by atoms with Crippen LogP contribution in [0.15, 0.2) is 12.2 Å². The maximum Gasteiger partial charge on any atom is 0.268 e. The van der Waals surface area contributed by atoms with Gasteiger partial charge >= 0.3 is 0 Å². The molecule has 53 heavy (non-hydrogen) atoms. The fourth-order valence-corrected chi connectivity index (χ4v) is 7.26. The third-order valence-corrected chi connectivity index (χ3v) is 11.5. The number of quaternary nitrogens is 1. The molecule has 316 valence electrons. The minimum absolute atomic E-state index is 0.00101. The summed E-state index contributed by atoms with van der Waals surface area (Å²) >= 11 is 0. The van der Waals surface area contributed by atoms with Crippen LogP contribution < -0.4 is 10.2 Å². The number of amides is 1. The topological polar surface area (TPSA) is 108 Å². The lowest BCUT2D eigenvalue weighted by atomic mass is 10.00. The molecule has 0 aliphatic carbocycles. The van der Waals surface area contributed by atoms with Gasteiger partial charge in [-0.2, -0.15) is 0 Å². The van der Waals surface area contributed by atoms with Crippen LogP contribution >= 0.6 is 7.82 Å². The van der Waals surface area contributed by atoms with Crippen molar-refractivity contribution in [1.82, 2.24) is 5.32 Å². The molecule has 4 atom stereocenters. The zero-order chi connectivity index (χ0) is 39.5. The van der Waals surface area contributed by atoms with Crippen LogP contribution in [0.1, 0.15) is 207 Å². The number of allylic oxidation sites excluding steroid dienone is 1. The third-order valence-electron chi connectivity index (χ3n) is 10.5. The predicted octanol–water partition coefficient (Wildman–Crippen LogP) is 11.6. The van der Waals surface area contributed by atoms with Crippen molar-refractivity contribution in [3.63, 3.8) is 0 Å². The average molecular weight is 773 g/mol. The second kappa shape index (κ2) is 35.6. The van der Waals surface area contributed by atoms with E-state index in [0.29, 0.717) is 17.4 Å². The molecule has 1 amide bonds. The SMILES string of the molecule is CCCCCCCCCCCCCCCCCCCCCC(=O)N[C@@H](COP(=O)([O-])OCC[N+](C)(C)C)[C@H](O)/C=C/CCCCCCCCC(C)CC. The van der Waals surface area contributed by atoms with Gasteiger partial charge in [0, 0.05) is 6.42 Å². The van der Waals surface area contributed by atoms with Gasteiger partial charge in [-0.25, -0.2) is 0 Å². The summed E-state index contributed by atoms with van der Waals surface area (Å²) in [6.07, 6.45) is 38.3. The molecular weight excluding hydrogens is 683 g/mol. The number of phosphoric ester groups is 1. The number of carbonyl (C=O) groups excluding carboxylic acids is 1. The molecule has 8 nitrogen and oxygen atoms in total. The first-order valence-electron chi connectivity index (χ1n) is 22.4. The average Bonchev–Trinajstić information content (AvgIpc) is 3.10. The van der Waals surface area contributed by atoms with E-state index in [4.69, 9.17) is 9.05 Å². The van der Waals surface area contributed by atoms with E-state index >= 15 is 0 Å². The van der Waals surface area contributed by atoms with E-state index in [0.717, 1.165) is 44.4 Å². The van der Waals surface area contributed by atoms with E-state index in [1.165, 1.54) is 141 Å². The molecule has 0 radical (unpaired) electrons. The van der Waals surface area contributed by atoms with Crippen molar-refractivity contribution in [3.05, 3.63) is 12.2 Å². The molecule has 0 aromatic rings. The van der Waals surface area contributed by atoms with Crippen molar-refractivity contribution < 1.29 is 32.9 Å². The Morgan fingerprint density at radius 2 is 1.17 bits per heavy atom. The Kier molecular flexibility index (Phi) is 35.1. The quantitative estimate of drug-likeness (QED) is 0.0278. The molecule has 2 unspecified atom stereocenters. The van der Waals surface area contributed by atoms with E-state index < -0.39 is 20.0 Å². The van der Waals surface area contributed by atoms with Gasteiger partial charge in [-0.3, -0.25) is 9.36 Å². The van der Waals surface area contributed by atoms with Gasteiger partial charge in [0.2, 0.25) is 5.91 Å². The van der Waals surface area contributed by atoms with Crippen LogP contribution in [0.25, 0.3) is 0 Å². The zero-order valence-corrected chi connectivity index (χ0v) is 36.8. The molecule has 0 aromatic heterocycles. The number of aliphatic hydroxyl groups is 1. The van der Waals surface area contributed by atoms with Crippen LogP contribution in [0, 0.1) is 5.92 Å². The van der Waals surface area contributed by atoms with E-state index in [9.17, 15) is 19.4 Å². The molecule has 9 heteroatoms. The van der Waals surface area contributed by atoms with E-state index in [1.807, 2.05) is 27.2 Å². The standard InChI is InChI=1S/C44H89N2O6P/c1-7-9-10-11-12-13-14-15-16-17-18-19-20-21-22-23-28-31-34-37-44(48)45-42(40-52-53(49,50)51-39-38-46(4,5)6)43(47)36-33-30-27-25-24-26-29-32-35-41(3)8-2/h33,36,41-43,47H,7-32,34-35,37-40H2,1-6H3,(H-,45,48,49,50)/b36-33+/t41?,42-,43+/m0/s1. The van der Waals surface area contributed by atoms with Gasteiger partial charge in [-0.05, 0) is 25.2 Å². The zero-order valence-electron chi connectivity index (χ0n) is 35.9. The summed E-state index contributed by atoms with van der Waals surface area (Å²) in [5.41, 5.74) is 0. The summed E-state index contributed by atoms with van der Waals surface area (Å²) in [5.74, 6) is 0.628. The summed E-state index contributed by atoms with van der Waals surface area (Å²) in [6.45, 7) is 6.98. The number of unbranched alkanes of at least 4 members (excludes halogenated alkanes) is 24. The van der Waals surface area contributed by atoms with Gasteiger partial charge in [0.25, 0.3) is 7.82 Å². The number of carbonyl (C=O) groups is 1. The number of rotatable bonds is 40. The number of nitrogens with zero attached hydrogens (tertiary/aromatic N) is 1. The van der Waals surface area contributed by atoms with Crippen LogP contribution in [-0.2, 0) is 18.4 Å². The molecular formula is C44H89N2O6P. The van der Waals surface area contributed by atoms with Gasteiger partial charge in [0.05, 0.1) is 39.9 Å². The molecule has 0 heterocycles. The van der Waals surface area contributed by atoms with Gasteiger partial charge in [-0.1, -0.05) is 193 Å². The highest BCUT2D eigenvalue weighted by Crippen LogP contribution is 2.38. The highest BCUT2D eigenvalue weighted by Gasteiger charge is 2.23. The monoisotopic (exact) mass is 773 g/mol. The molecule has 0 fully saturated rings. The highest BCUT2D eigenvalue weighted by atomic mass is 31.2. The molecule has 0 aromatic carbocycles. The Labute approximate surface area is 329 Å². The lowest BCUT2D eigenvalue weighted by Crippen LogP contribution is -2.45. The van der Waals surface area contributed by atoms with Crippen molar-refractivity contribution in [2.75, 3.05) is 40.9 Å². The molecule has 0 bridgehead atoms. The van der Waals surface area contributed by atoms with Crippen LogP contribution in [-0.4, -0.2) is 68.5 Å². The number of hydrogen-bond donors (Lipinski definition) is 2. The Hall–Kier alpha value is -0.760. The fraction of sp³-hybridized carbons (Fsp3) is 0.932. The van der Waals surface area contributed by atoms with E-state index in [1.54, 1.807) is 6.08 Å². The number of nitrogens with one attached hydrogen (secondary N) is 1. The minimum atomic E-state index is -4.58. The lowest BCUT2D eigenvalue weighted by Gasteiger charge is -2.29.